The van der Waals surface area contributed by atoms with E-state index in [1.165, 1.54) is 0 Å². The number of aliphatic hydroxyl groups is 1. The maximum absolute atomic E-state index is 14.2. The highest BCUT2D eigenvalue weighted by Gasteiger charge is 2.75. The third kappa shape index (κ3) is 3.70. The average Bonchev–Trinajstić information content (AvgIpc) is 3.13. The zero-order chi connectivity index (χ0) is 24.7. The zero-order valence-electron chi connectivity index (χ0n) is 20.7. The number of hydrogen-bond acceptors (Lipinski definition) is 6. The Morgan fingerprint density at radius 1 is 1.15 bits per heavy atom. The van der Waals surface area contributed by atoms with Crippen molar-refractivity contribution in [1.82, 2.24) is 9.80 Å². The van der Waals surface area contributed by atoms with Crippen LogP contribution in [0.4, 0.5) is 0 Å². The molecule has 0 radical (unpaired) electrons. The maximum atomic E-state index is 14.2. The second-order valence-corrected chi connectivity index (χ2v) is 10.3. The first-order chi connectivity index (χ1) is 16.3. The zero-order valence-corrected chi connectivity index (χ0v) is 20.7. The van der Waals surface area contributed by atoms with E-state index < -0.39 is 41.1 Å². The number of aliphatic hydroxyl groups excluding tert-OH is 1. The molecule has 7 atom stereocenters. The summed E-state index contributed by atoms with van der Waals surface area (Å²) in [5.74, 6) is -2.79. The van der Waals surface area contributed by atoms with Gasteiger partial charge >= 0.3 is 5.97 Å². The van der Waals surface area contributed by atoms with Gasteiger partial charge in [0.25, 0.3) is 0 Å². The molecule has 0 aliphatic carbocycles. The van der Waals surface area contributed by atoms with Crippen molar-refractivity contribution in [3.8, 4) is 0 Å². The molecule has 8 nitrogen and oxygen atoms in total. The molecule has 2 saturated heterocycles. The van der Waals surface area contributed by atoms with E-state index in [1.807, 2.05) is 38.2 Å². The molecular weight excluding hydrogens is 436 g/mol. The highest BCUT2D eigenvalue weighted by molar-refractivity contribution is 5.99. The lowest BCUT2D eigenvalue weighted by atomic mass is 9.74. The van der Waals surface area contributed by atoms with E-state index in [9.17, 15) is 19.5 Å². The molecule has 0 aromatic rings. The van der Waals surface area contributed by atoms with Gasteiger partial charge in [0.15, 0.2) is 0 Å². The minimum absolute atomic E-state index is 0.0375. The first kappa shape index (κ1) is 24.9. The van der Waals surface area contributed by atoms with E-state index >= 15 is 0 Å². The largest absolute Gasteiger partial charge is 0.465 e. The van der Waals surface area contributed by atoms with Crippen molar-refractivity contribution in [1.29, 1.82) is 0 Å². The van der Waals surface area contributed by atoms with E-state index in [2.05, 4.69) is 6.92 Å². The molecule has 1 N–H and O–H groups in total. The summed E-state index contributed by atoms with van der Waals surface area (Å²) >= 11 is 0. The quantitative estimate of drug-likeness (QED) is 0.448. The van der Waals surface area contributed by atoms with E-state index in [1.54, 1.807) is 16.7 Å². The number of fused-ring (bicyclic) bond motifs is 2. The van der Waals surface area contributed by atoms with Gasteiger partial charge < -0.3 is 24.4 Å². The number of ether oxygens (including phenoxy) is 2. The van der Waals surface area contributed by atoms with Crippen molar-refractivity contribution in [2.45, 2.75) is 76.7 Å². The van der Waals surface area contributed by atoms with Gasteiger partial charge in [0.2, 0.25) is 11.8 Å². The molecule has 4 heterocycles. The number of rotatable bonds is 7. The highest BCUT2D eigenvalue weighted by Crippen LogP contribution is 2.57. The lowest BCUT2D eigenvalue weighted by Crippen LogP contribution is -2.59. The van der Waals surface area contributed by atoms with Crippen LogP contribution in [0.3, 0.4) is 0 Å². The van der Waals surface area contributed by atoms with Gasteiger partial charge in [-0.3, -0.25) is 14.4 Å². The van der Waals surface area contributed by atoms with Gasteiger partial charge in [0.05, 0.1) is 30.8 Å². The van der Waals surface area contributed by atoms with Gasteiger partial charge in [-0.1, -0.05) is 57.9 Å². The molecule has 4 aliphatic rings. The third-order valence-corrected chi connectivity index (χ3v) is 8.17. The highest BCUT2D eigenvalue weighted by atomic mass is 16.6. The van der Waals surface area contributed by atoms with Crippen molar-refractivity contribution in [2.75, 3.05) is 26.3 Å². The Kier molecular flexibility index (Phi) is 6.93. The minimum Gasteiger partial charge on any atom is -0.465 e. The van der Waals surface area contributed by atoms with Crippen LogP contribution in [-0.2, 0) is 23.9 Å². The van der Waals surface area contributed by atoms with Crippen LogP contribution in [0.15, 0.2) is 24.3 Å². The number of likely N-dealkylation sites (tertiary alicyclic amines) is 1. The van der Waals surface area contributed by atoms with Crippen molar-refractivity contribution >= 4 is 17.8 Å². The summed E-state index contributed by atoms with van der Waals surface area (Å²) in [6, 6.07) is -1.50. The number of unbranched alkanes of at least 4 members (excludes halogenated alkanes) is 1. The molecule has 0 bridgehead atoms. The first-order valence-electron chi connectivity index (χ1n) is 12.7. The number of nitrogens with zero attached hydrogens (tertiary/aromatic N) is 2. The number of cyclic esters (lactones) is 1. The predicted molar refractivity (Wildman–Crippen MR) is 126 cm³/mol. The van der Waals surface area contributed by atoms with Crippen LogP contribution in [0, 0.1) is 17.8 Å². The van der Waals surface area contributed by atoms with Crippen LogP contribution in [0.25, 0.3) is 0 Å². The SMILES string of the molecule is CCCCN1CC=C[C@]23O[C@@]4(C)C=CCCOC(=O)[C@H]4[C@H]2C(=O)N([C@@H](CO)[C@@H](C)CC)C3C1=O. The summed E-state index contributed by atoms with van der Waals surface area (Å²) in [7, 11) is 0. The smallest absolute Gasteiger partial charge is 0.313 e. The monoisotopic (exact) mass is 474 g/mol. The number of carbonyl (C=O) groups excluding carboxylic acids is 3. The Labute approximate surface area is 201 Å². The molecule has 0 aromatic carbocycles. The molecule has 8 heteroatoms. The topological polar surface area (TPSA) is 96.4 Å². The summed E-state index contributed by atoms with van der Waals surface area (Å²) in [5.41, 5.74) is -2.38. The number of carbonyl (C=O) groups is 3. The van der Waals surface area contributed by atoms with Gasteiger partial charge in [-0.15, -0.1) is 0 Å². The lowest BCUT2D eigenvalue weighted by Gasteiger charge is -2.41. The molecular formula is C26H38N2O6. The molecule has 188 valence electrons. The summed E-state index contributed by atoms with van der Waals surface area (Å²) in [4.78, 5) is 44.8. The second kappa shape index (κ2) is 9.46. The van der Waals surface area contributed by atoms with E-state index in [0.717, 1.165) is 19.3 Å². The summed E-state index contributed by atoms with van der Waals surface area (Å²) in [5, 5.41) is 10.4. The number of amides is 2. The predicted octanol–water partition coefficient (Wildman–Crippen LogP) is 2.07. The molecule has 1 spiro atoms. The van der Waals surface area contributed by atoms with Crippen LogP contribution in [0.5, 0.6) is 0 Å². The Balaban J connectivity index is 1.88. The Hall–Kier alpha value is -2.19. The molecule has 2 fully saturated rings. The molecule has 2 amide bonds. The second-order valence-electron chi connectivity index (χ2n) is 10.3. The van der Waals surface area contributed by atoms with Crippen LogP contribution in [0.1, 0.15) is 53.4 Å². The summed E-state index contributed by atoms with van der Waals surface area (Å²) < 4.78 is 12.2. The molecule has 0 aromatic heterocycles. The van der Waals surface area contributed by atoms with Crippen molar-refractivity contribution < 1.29 is 29.0 Å². The normalized spacial score (nSPS) is 36.9. The summed E-state index contributed by atoms with van der Waals surface area (Å²) in [6.45, 7) is 8.82. The molecule has 34 heavy (non-hydrogen) atoms. The fraction of sp³-hybridized carbons (Fsp3) is 0.731. The first-order valence-corrected chi connectivity index (χ1v) is 12.7. The fourth-order valence-corrected chi connectivity index (χ4v) is 6.20. The van der Waals surface area contributed by atoms with E-state index in [0.29, 0.717) is 19.5 Å². The molecule has 1 unspecified atom stereocenters. The van der Waals surface area contributed by atoms with Crippen molar-refractivity contribution in [3.05, 3.63) is 24.3 Å². The Morgan fingerprint density at radius 3 is 2.59 bits per heavy atom. The van der Waals surface area contributed by atoms with Gasteiger partial charge in [-0.25, -0.2) is 0 Å². The van der Waals surface area contributed by atoms with Crippen LogP contribution >= 0.6 is 0 Å². The van der Waals surface area contributed by atoms with Crippen molar-refractivity contribution in [2.24, 2.45) is 17.8 Å². The Morgan fingerprint density at radius 2 is 1.91 bits per heavy atom. The molecule has 0 saturated carbocycles. The van der Waals surface area contributed by atoms with Gasteiger partial charge in [0, 0.05) is 13.1 Å². The van der Waals surface area contributed by atoms with Gasteiger partial charge in [-0.05, 0) is 25.7 Å². The number of esters is 1. The van der Waals surface area contributed by atoms with Crippen LogP contribution in [-0.4, -0.2) is 82.3 Å². The maximum Gasteiger partial charge on any atom is 0.313 e. The molecule has 4 aliphatic heterocycles. The third-order valence-electron chi connectivity index (χ3n) is 8.17. The standard InChI is InChI=1S/C26H38N2O6/c1-5-7-13-27-14-10-12-26-19(20-24(32)33-15-9-8-11-25(20,4)34-26)22(30)28(21(26)23(27)31)18(16-29)17(3)6-2/h8,10-12,17-21,29H,5-7,9,13-16H2,1-4H3/t17-,18-,19-,20+,21?,25-,26-/m0/s1. The van der Waals surface area contributed by atoms with Crippen molar-refractivity contribution in [3.63, 3.8) is 0 Å². The summed E-state index contributed by atoms with van der Waals surface area (Å²) in [6.07, 6.45) is 10.6. The van der Waals surface area contributed by atoms with E-state index in [-0.39, 0.29) is 30.9 Å². The molecule has 4 rings (SSSR count). The number of hydrogen-bond donors (Lipinski definition) is 1. The Bertz CT molecular complexity index is 887. The average molecular weight is 475 g/mol. The minimum atomic E-state index is -1.30. The lowest BCUT2D eigenvalue weighted by molar-refractivity contribution is -0.162. The van der Waals surface area contributed by atoms with Gasteiger partial charge in [0.1, 0.15) is 17.6 Å². The van der Waals surface area contributed by atoms with Crippen LogP contribution in [0.2, 0.25) is 0 Å². The van der Waals surface area contributed by atoms with E-state index in [4.69, 9.17) is 9.47 Å². The van der Waals surface area contributed by atoms with Gasteiger partial charge in [-0.2, -0.15) is 0 Å². The fourth-order valence-electron chi connectivity index (χ4n) is 6.20. The van der Waals surface area contributed by atoms with Crippen LogP contribution < -0.4 is 0 Å².